The number of rotatable bonds is 5. The zero-order chi connectivity index (χ0) is 22.3. The van der Waals surface area contributed by atoms with E-state index in [1.54, 1.807) is 36.7 Å². The van der Waals surface area contributed by atoms with Gasteiger partial charge in [-0.2, -0.15) is 4.31 Å². The summed E-state index contributed by atoms with van der Waals surface area (Å²) >= 11 is 1.53. The number of benzene rings is 2. The minimum absolute atomic E-state index is 0.187. The number of hydrogen-bond acceptors (Lipinski definition) is 7. The molecule has 5 rings (SSSR count). The molecule has 7 nitrogen and oxygen atoms in total. The first-order valence-electron chi connectivity index (χ1n) is 10.2. The first-order valence-corrected chi connectivity index (χ1v) is 12.5. The van der Waals surface area contributed by atoms with Gasteiger partial charge in [0.2, 0.25) is 10.0 Å². The van der Waals surface area contributed by atoms with Gasteiger partial charge in [-0.3, -0.25) is 0 Å². The summed E-state index contributed by atoms with van der Waals surface area (Å²) in [6.45, 7) is 1.20. The van der Waals surface area contributed by atoms with E-state index < -0.39 is 16.1 Å². The highest BCUT2D eigenvalue weighted by molar-refractivity contribution is 7.89. The largest absolute Gasteiger partial charge is 0.493 e. The molecule has 2 aromatic carbocycles. The second kappa shape index (κ2) is 8.31. The summed E-state index contributed by atoms with van der Waals surface area (Å²) in [7, 11) is -0.636. The Kier molecular flexibility index (Phi) is 5.48. The summed E-state index contributed by atoms with van der Waals surface area (Å²) in [6.07, 6.45) is 0.571. The lowest BCUT2D eigenvalue weighted by atomic mass is 9.92. The second-order valence-corrected chi connectivity index (χ2v) is 10.4. The molecule has 0 radical (unpaired) electrons. The molecule has 0 amide bonds. The van der Waals surface area contributed by atoms with Crippen LogP contribution in [0, 0.1) is 0 Å². The molecule has 1 aromatic heterocycles. The van der Waals surface area contributed by atoms with Gasteiger partial charge in [0, 0.05) is 17.5 Å². The van der Waals surface area contributed by atoms with Gasteiger partial charge in [-0.1, -0.05) is 6.07 Å². The van der Waals surface area contributed by atoms with E-state index in [-0.39, 0.29) is 4.90 Å². The smallest absolute Gasteiger partial charge is 0.244 e. The Hall–Kier alpha value is -2.75. The van der Waals surface area contributed by atoms with Gasteiger partial charge in [-0.15, -0.1) is 11.3 Å². The van der Waals surface area contributed by atoms with Gasteiger partial charge < -0.3 is 18.9 Å². The van der Waals surface area contributed by atoms with Gasteiger partial charge in [0.05, 0.1) is 25.2 Å². The van der Waals surface area contributed by atoms with Crippen molar-refractivity contribution in [3.63, 3.8) is 0 Å². The Bertz CT molecular complexity index is 1240. The average molecular weight is 474 g/mol. The predicted molar refractivity (Wildman–Crippen MR) is 121 cm³/mol. The standard InChI is InChI=1S/C23H23NO6S2/c1-27-19-12-15-7-8-24(23(22-4-3-11-31-22)17(15)14-20(19)28-2)32(25,26)16-5-6-18-21(13-16)30-10-9-29-18/h3-6,11-14,23H,7-10H2,1-2H3/t23-/m1/s1. The molecule has 0 saturated heterocycles. The van der Waals surface area contributed by atoms with Crippen LogP contribution in [0.4, 0.5) is 0 Å². The van der Waals surface area contributed by atoms with Crippen molar-refractivity contribution in [2.75, 3.05) is 34.0 Å². The Morgan fingerprint density at radius 3 is 2.47 bits per heavy atom. The Morgan fingerprint density at radius 2 is 1.75 bits per heavy atom. The van der Waals surface area contributed by atoms with Crippen molar-refractivity contribution in [1.29, 1.82) is 0 Å². The van der Waals surface area contributed by atoms with Crippen molar-refractivity contribution < 1.29 is 27.4 Å². The van der Waals surface area contributed by atoms with Crippen LogP contribution in [0.5, 0.6) is 23.0 Å². The maximum atomic E-state index is 13.8. The number of ether oxygens (including phenoxy) is 4. The van der Waals surface area contributed by atoms with Crippen LogP contribution < -0.4 is 18.9 Å². The van der Waals surface area contributed by atoms with E-state index in [0.717, 1.165) is 16.0 Å². The third-order valence-electron chi connectivity index (χ3n) is 5.76. The topological polar surface area (TPSA) is 74.3 Å². The van der Waals surface area contributed by atoms with Gasteiger partial charge >= 0.3 is 0 Å². The van der Waals surface area contributed by atoms with Crippen LogP contribution >= 0.6 is 11.3 Å². The highest BCUT2D eigenvalue weighted by Crippen LogP contribution is 2.44. The van der Waals surface area contributed by atoms with Crippen molar-refractivity contribution in [3.05, 3.63) is 63.8 Å². The van der Waals surface area contributed by atoms with Crippen LogP contribution in [0.25, 0.3) is 0 Å². The molecule has 3 aromatic rings. The molecule has 2 aliphatic rings. The molecule has 0 fully saturated rings. The minimum Gasteiger partial charge on any atom is -0.493 e. The zero-order valence-electron chi connectivity index (χ0n) is 17.7. The van der Waals surface area contributed by atoms with Crippen LogP contribution in [0.1, 0.15) is 22.0 Å². The van der Waals surface area contributed by atoms with E-state index in [2.05, 4.69) is 0 Å². The molecule has 0 unspecified atom stereocenters. The molecule has 3 heterocycles. The number of fused-ring (bicyclic) bond motifs is 2. The van der Waals surface area contributed by atoms with Crippen molar-refractivity contribution >= 4 is 21.4 Å². The van der Waals surface area contributed by atoms with Crippen molar-refractivity contribution in [3.8, 4) is 23.0 Å². The minimum atomic E-state index is -3.82. The van der Waals surface area contributed by atoms with Gasteiger partial charge in [0.1, 0.15) is 13.2 Å². The number of nitrogens with zero attached hydrogens (tertiary/aromatic N) is 1. The first-order chi connectivity index (χ1) is 15.5. The molecular weight excluding hydrogens is 450 g/mol. The fourth-order valence-electron chi connectivity index (χ4n) is 4.24. The summed E-state index contributed by atoms with van der Waals surface area (Å²) in [5.41, 5.74) is 1.95. The Morgan fingerprint density at radius 1 is 1.00 bits per heavy atom. The molecule has 1 atom stereocenters. The van der Waals surface area contributed by atoms with Gasteiger partial charge in [-0.25, -0.2) is 8.42 Å². The molecular formula is C23H23NO6S2. The Labute approximate surface area is 191 Å². The maximum Gasteiger partial charge on any atom is 0.244 e. The number of thiophene rings is 1. The van der Waals surface area contributed by atoms with Crippen LogP contribution in [-0.2, 0) is 16.4 Å². The third kappa shape index (κ3) is 3.50. The maximum absolute atomic E-state index is 13.8. The van der Waals surface area contributed by atoms with Gasteiger partial charge in [-0.05, 0) is 53.3 Å². The van der Waals surface area contributed by atoms with Crippen LogP contribution in [0.3, 0.4) is 0 Å². The summed E-state index contributed by atoms with van der Waals surface area (Å²) in [5.74, 6) is 2.23. The normalized spacial score (nSPS) is 18.1. The molecule has 0 aliphatic carbocycles. The van der Waals surface area contributed by atoms with E-state index in [1.165, 1.54) is 11.3 Å². The van der Waals surface area contributed by atoms with E-state index in [1.807, 2.05) is 29.6 Å². The quantitative estimate of drug-likeness (QED) is 0.560. The number of sulfonamides is 1. The first kappa shape index (κ1) is 21.1. The van der Waals surface area contributed by atoms with Gasteiger partial charge in [0.15, 0.2) is 23.0 Å². The molecule has 0 N–H and O–H groups in total. The predicted octanol–water partition coefficient (Wildman–Crippen LogP) is 3.87. The molecule has 0 saturated carbocycles. The molecule has 2 aliphatic heterocycles. The monoisotopic (exact) mass is 473 g/mol. The average Bonchev–Trinajstić information content (AvgIpc) is 3.36. The molecule has 32 heavy (non-hydrogen) atoms. The van der Waals surface area contributed by atoms with Crippen LogP contribution in [0.15, 0.2) is 52.7 Å². The summed E-state index contributed by atoms with van der Waals surface area (Å²) in [4.78, 5) is 1.13. The lowest BCUT2D eigenvalue weighted by Crippen LogP contribution is -2.40. The third-order valence-corrected chi connectivity index (χ3v) is 8.55. The fourth-order valence-corrected chi connectivity index (χ4v) is 6.77. The SMILES string of the molecule is COc1cc2c(cc1OC)[C@H](c1cccs1)N(S(=O)(=O)c1ccc3c(c1)OCCO3)CC2. The van der Waals surface area contributed by atoms with Crippen molar-refractivity contribution in [2.24, 2.45) is 0 Å². The van der Waals surface area contributed by atoms with E-state index in [4.69, 9.17) is 18.9 Å². The van der Waals surface area contributed by atoms with E-state index in [9.17, 15) is 8.42 Å². The highest BCUT2D eigenvalue weighted by atomic mass is 32.2. The molecule has 0 bridgehead atoms. The fraction of sp³-hybridized carbons (Fsp3) is 0.304. The van der Waals surface area contributed by atoms with Crippen molar-refractivity contribution in [2.45, 2.75) is 17.4 Å². The lowest BCUT2D eigenvalue weighted by molar-refractivity contribution is 0.171. The van der Waals surface area contributed by atoms with Crippen LogP contribution in [0.2, 0.25) is 0 Å². The molecule has 9 heteroatoms. The summed E-state index contributed by atoms with van der Waals surface area (Å²) in [5, 5.41) is 1.96. The zero-order valence-corrected chi connectivity index (χ0v) is 19.4. The Balaban J connectivity index is 1.62. The lowest BCUT2D eigenvalue weighted by Gasteiger charge is -2.36. The summed E-state index contributed by atoms with van der Waals surface area (Å²) < 4.78 is 51.4. The van der Waals surface area contributed by atoms with Crippen LogP contribution in [-0.4, -0.2) is 46.7 Å². The van der Waals surface area contributed by atoms with Gasteiger partial charge in [0.25, 0.3) is 0 Å². The van der Waals surface area contributed by atoms with Crippen molar-refractivity contribution in [1.82, 2.24) is 4.31 Å². The van der Waals surface area contributed by atoms with E-state index in [0.29, 0.717) is 49.2 Å². The second-order valence-electron chi connectivity index (χ2n) is 7.50. The molecule has 0 spiro atoms. The highest BCUT2D eigenvalue weighted by Gasteiger charge is 2.39. The van der Waals surface area contributed by atoms with E-state index >= 15 is 0 Å². The number of methoxy groups -OCH3 is 2. The molecule has 168 valence electrons. The summed E-state index contributed by atoms with van der Waals surface area (Å²) in [6, 6.07) is 12.1. The number of hydrogen-bond donors (Lipinski definition) is 0.